The summed E-state index contributed by atoms with van der Waals surface area (Å²) in [5, 5.41) is 3.12. The largest absolute Gasteiger partial charge is 0.493 e. The molecule has 114 valence electrons. The lowest BCUT2D eigenvalue weighted by atomic mass is 10.2. The molecule has 0 saturated heterocycles. The Hall–Kier alpha value is -1.27. The highest BCUT2D eigenvalue weighted by molar-refractivity contribution is 7.91. The second-order valence-electron chi connectivity index (χ2n) is 4.33. The standard InChI is InChI=1S/C14H23NO4S/c1-4-19-14-10-12(6-7-13(14)18-3)11-15-8-9-20(16,17)5-2/h6-7,10,15H,4-5,8-9,11H2,1-3H3. The Kier molecular flexibility index (Phi) is 6.81. The number of methoxy groups -OCH3 is 1. The molecule has 0 bridgehead atoms. The number of hydrogen-bond acceptors (Lipinski definition) is 5. The van der Waals surface area contributed by atoms with Gasteiger partial charge >= 0.3 is 0 Å². The molecule has 0 fully saturated rings. The SMILES string of the molecule is CCOc1cc(CNCCS(=O)(=O)CC)ccc1OC. The van der Waals surface area contributed by atoms with Crippen LogP contribution in [0.3, 0.4) is 0 Å². The van der Waals surface area contributed by atoms with Gasteiger partial charge in [-0.2, -0.15) is 0 Å². The van der Waals surface area contributed by atoms with E-state index >= 15 is 0 Å². The fourth-order valence-electron chi connectivity index (χ4n) is 1.70. The van der Waals surface area contributed by atoms with E-state index < -0.39 is 9.84 Å². The van der Waals surface area contributed by atoms with Gasteiger partial charge in [0.1, 0.15) is 0 Å². The summed E-state index contributed by atoms with van der Waals surface area (Å²) in [5.74, 6) is 1.75. The van der Waals surface area contributed by atoms with Gasteiger partial charge in [0, 0.05) is 18.8 Å². The van der Waals surface area contributed by atoms with Crippen LogP contribution in [0, 0.1) is 0 Å². The normalized spacial score (nSPS) is 11.3. The molecule has 0 amide bonds. The molecule has 0 radical (unpaired) electrons. The van der Waals surface area contributed by atoms with Crippen LogP contribution >= 0.6 is 0 Å². The van der Waals surface area contributed by atoms with Gasteiger partial charge < -0.3 is 14.8 Å². The van der Waals surface area contributed by atoms with Crippen LogP contribution in [-0.4, -0.2) is 40.2 Å². The minimum absolute atomic E-state index is 0.165. The van der Waals surface area contributed by atoms with E-state index in [-0.39, 0.29) is 11.5 Å². The van der Waals surface area contributed by atoms with Crippen molar-refractivity contribution in [1.82, 2.24) is 5.32 Å². The molecule has 0 atom stereocenters. The number of benzene rings is 1. The number of ether oxygens (including phenoxy) is 2. The summed E-state index contributed by atoms with van der Waals surface area (Å²) in [6, 6.07) is 5.69. The van der Waals surface area contributed by atoms with Crippen LogP contribution in [0.25, 0.3) is 0 Å². The molecule has 0 aliphatic heterocycles. The molecule has 1 N–H and O–H groups in total. The van der Waals surface area contributed by atoms with Crippen molar-refractivity contribution in [1.29, 1.82) is 0 Å². The van der Waals surface area contributed by atoms with Crippen molar-refractivity contribution in [3.8, 4) is 11.5 Å². The third-order valence-electron chi connectivity index (χ3n) is 2.89. The van der Waals surface area contributed by atoms with Gasteiger partial charge in [-0.05, 0) is 24.6 Å². The van der Waals surface area contributed by atoms with Gasteiger partial charge in [0.2, 0.25) is 0 Å². The smallest absolute Gasteiger partial charge is 0.161 e. The van der Waals surface area contributed by atoms with Crippen molar-refractivity contribution in [2.45, 2.75) is 20.4 Å². The van der Waals surface area contributed by atoms with Crippen molar-refractivity contribution in [3.05, 3.63) is 23.8 Å². The lowest BCUT2D eigenvalue weighted by Gasteiger charge is -2.11. The summed E-state index contributed by atoms with van der Waals surface area (Å²) in [5.41, 5.74) is 1.03. The van der Waals surface area contributed by atoms with Crippen LogP contribution in [-0.2, 0) is 16.4 Å². The number of hydrogen-bond donors (Lipinski definition) is 1. The van der Waals surface area contributed by atoms with E-state index in [1.165, 1.54) is 0 Å². The molecule has 0 spiro atoms. The molecule has 20 heavy (non-hydrogen) atoms. The Morgan fingerprint density at radius 2 is 1.95 bits per heavy atom. The van der Waals surface area contributed by atoms with Crippen molar-refractivity contribution in [2.75, 3.05) is 31.8 Å². The Labute approximate surface area is 121 Å². The van der Waals surface area contributed by atoms with Gasteiger partial charge in [-0.25, -0.2) is 8.42 Å². The summed E-state index contributed by atoms with van der Waals surface area (Å²) in [4.78, 5) is 0. The predicted octanol–water partition coefficient (Wildman–Crippen LogP) is 1.62. The third kappa shape index (κ3) is 5.38. The van der Waals surface area contributed by atoms with E-state index in [4.69, 9.17) is 9.47 Å². The molecule has 5 nitrogen and oxygen atoms in total. The molecular weight excluding hydrogens is 278 g/mol. The first-order valence-electron chi connectivity index (χ1n) is 6.73. The van der Waals surface area contributed by atoms with Crippen LogP contribution in [0.2, 0.25) is 0 Å². The van der Waals surface area contributed by atoms with Crippen LogP contribution in [0.5, 0.6) is 11.5 Å². The first-order valence-corrected chi connectivity index (χ1v) is 8.55. The summed E-state index contributed by atoms with van der Waals surface area (Å²) in [7, 11) is -1.31. The lowest BCUT2D eigenvalue weighted by molar-refractivity contribution is 0.310. The van der Waals surface area contributed by atoms with E-state index in [0.717, 1.165) is 5.56 Å². The van der Waals surface area contributed by atoms with Gasteiger partial charge in [-0.15, -0.1) is 0 Å². The molecule has 1 aromatic carbocycles. The summed E-state index contributed by atoms with van der Waals surface area (Å²) in [6.07, 6.45) is 0. The summed E-state index contributed by atoms with van der Waals surface area (Å²) >= 11 is 0. The molecule has 1 aromatic rings. The van der Waals surface area contributed by atoms with Crippen LogP contribution in [0.4, 0.5) is 0 Å². The van der Waals surface area contributed by atoms with Gasteiger partial charge in [0.25, 0.3) is 0 Å². The Balaban J connectivity index is 2.54. The third-order valence-corrected chi connectivity index (χ3v) is 4.59. The Bertz CT molecular complexity index is 514. The van der Waals surface area contributed by atoms with E-state index in [0.29, 0.717) is 31.2 Å². The van der Waals surface area contributed by atoms with E-state index in [1.54, 1.807) is 14.0 Å². The molecule has 0 heterocycles. The average molecular weight is 301 g/mol. The van der Waals surface area contributed by atoms with Gasteiger partial charge in [-0.3, -0.25) is 0 Å². The van der Waals surface area contributed by atoms with Crippen LogP contribution in [0.15, 0.2) is 18.2 Å². The number of rotatable bonds is 9. The topological polar surface area (TPSA) is 64.6 Å². The zero-order valence-electron chi connectivity index (χ0n) is 12.3. The monoisotopic (exact) mass is 301 g/mol. The molecular formula is C14H23NO4S. The van der Waals surface area contributed by atoms with E-state index in [9.17, 15) is 8.42 Å². The molecule has 0 aliphatic carbocycles. The van der Waals surface area contributed by atoms with Gasteiger partial charge in [0.15, 0.2) is 21.3 Å². The fraction of sp³-hybridized carbons (Fsp3) is 0.571. The molecule has 1 rings (SSSR count). The maximum atomic E-state index is 11.4. The van der Waals surface area contributed by atoms with Crippen LogP contribution in [0.1, 0.15) is 19.4 Å². The number of nitrogens with one attached hydrogen (secondary N) is 1. The lowest BCUT2D eigenvalue weighted by Crippen LogP contribution is -2.23. The van der Waals surface area contributed by atoms with Crippen molar-refractivity contribution in [2.24, 2.45) is 0 Å². The maximum Gasteiger partial charge on any atom is 0.161 e. The fourth-order valence-corrected chi connectivity index (χ4v) is 2.45. The zero-order valence-corrected chi connectivity index (χ0v) is 13.1. The minimum Gasteiger partial charge on any atom is -0.493 e. The summed E-state index contributed by atoms with van der Waals surface area (Å²) < 4.78 is 33.4. The first-order chi connectivity index (χ1) is 9.52. The predicted molar refractivity (Wildman–Crippen MR) is 80.2 cm³/mol. The second kappa shape index (κ2) is 8.11. The highest BCUT2D eigenvalue weighted by atomic mass is 32.2. The molecule has 6 heteroatoms. The Morgan fingerprint density at radius 3 is 2.55 bits per heavy atom. The second-order valence-corrected chi connectivity index (χ2v) is 6.80. The van der Waals surface area contributed by atoms with Gasteiger partial charge in [0.05, 0.1) is 19.5 Å². The maximum absolute atomic E-state index is 11.4. The van der Waals surface area contributed by atoms with Gasteiger partial charge in [-0.1, -0.05) is 13.0 Å². The van der Waals surface area contributed by atoms with Crippen molar-refractivity contribution >= 4 is 9.84 Å². The van der Waals surface area contributed by atoms with E-state index in [2.05, 4.69) is 5.32 Å². The van der Waals surface area contributed by atoms with Crippen LogP contribution < -0.4 is 14.8 Å². The molecule has 0 saturated carbocycles. The average Bonchev–Trinajstić information content (AvgIpc) is 2.44. The zero-order chi connectivity index (χ0) is 15.0. The van der Waals surface area contributed by atoms with Crippen molar-refractivity contribution in [3.63, 3.8) is 0 Å². The highest BCUT2D eigenvalue weighted by Gasteiger charge is 2.07. The Morgan fingerprint density at radius 1 is 1.20 bits per heavy atom. The molecule has 0 aliphatic rings. The summed E-state index contributed by atoms with van der Waals surface area (Å²) in [6.45, 7) is 5.20. The molecule has 0 aromatic heterocycles. The quantitative estimate of drug-likeness (QED) is 0.702. The molecule has 0 unspecified atom stereocenters. The number of sulfone groups is 1. The minimum atomic E-state index is -2.91. The first kappa shape index (κ1) is 16.8. The highest BCUT2D eigenvalue weighted by Crippen LogP contribution is 2.27. The van der Waals surface area contributed by atoms with Crippen molar-refractivity contribution < 1.29 is 17.9 Å². The van der Waals surface area contributed by atoms with E-state index in [1.807, 2.05) is 25.1 Å².